The molecule has 10 nitrogen and oxygen atoms in total. The van der Waals surface area contributed by atoms with E-state index in [1.165, 1.54) is 25.2 Å². The molecule has 1 heterocycles. The van der Waals surface area contributed by atoms with E-state index < -0.39 is 41.0 Å². The third-order valence-electron chi connectivity index (χ3n) is 11.3. The molecule has 1 aliphatic heterocycles. The number of hydrogen-bond acceptors (Lipinski definition) is 8. The normalized spacial score (nSPS) is 26.7. The summed E-state index contributed by atoms with van der Waals surface area (Å²) in [4.78, 5) is 70.3. The molecule has 0 spiro atoms. The number of imide groups is 1. The summed E-state index contributed by atoms with van der Waals surface area (Å²) < 4.78 is 10.8. The summed E-state index contributed by atoms with van der Waals surface area (Å²) in [6.07, 6.45) is 7.54. The average molecular weight is 702 g/mol. The number of aromatic hydroxyl groups is 1. The van der Waals surface area contributed by atoms with Gasteiger partial charge in [0.05, 0.1) is 31.5 Å². The SMILES string of the molecule is COc1cc(C=C[C@H]2C3=CC[C@@H]4C(=O)N(CCCC(=O)O)C(=O)[C@@H]4[C@@H]3C[C@H]3C(=O)C(c4ccccc4)=CC(=O)[C@@]23c2ccccc2)cc(OC)c1O. The second-order valence-corrected chi connectivity index (χ2v) is 13.8. The topological polar surface area (TPSA) is 148 Å². The highest BCUT2D eigenvalue weighted by Gasteiger charge is 2.65. The maximum atomic E-state index is 15.1. The van der Waals surface area contributed by atoms with Gasteiger partial charge in [-0.15, -0.1) is 0 Å². The minimum atomic E-state index is -1.37. The zero-order valence-electron chi connectivity index (χ0n) is 28.9. The molecule has 3 aromatic rings. The summed E-state index contributed by atoms with van der Waals surface area (Å²) in [6.45, 7) is 0.00254. The Hall–Kier alpha value is -5.77. The van der Waals surface area contributed by atoms with E-state index in [0.717, 1.165) is 5.57 Å². The molecule has 7 rings (SSSR count). The lowest BCUT2D eigenvalue weighted by atomic mass is 9.45. The lowest BCUT2D eigenvalue weighted by Gasteiger charge is -2.54. The van der Waals surface area contributed by atoms with Gasteiger partial charge in [-0.3, -0.25) is 28.9 Å². The number of phenols is 1. The highest BCUT2D eigenvalue weighted by atomic mass is 16.5. The van der Waals surface area contributed by atoms with E-state index in [1.807, 2.05) is 60.7 Å². The fourth-order valence-corrected chi connectivity index (χ4v) is 9.01. The van der Waals surface area contributed by atoms with E-state index >= 15 is 4.79 Å². The number of carboxylic acids is 1. The van der Waals surface area contributed by atoms with Crippen LogP contribution in [0.3, 0.4) is 0 Å². The number of benzene rings is 3. The van der Waals surface area contributed by atoms with Gasteiger partial charge in [0, 0.05) is 30.4 Å². The van der Waals surface area contributed by atoms with E-state index in [-0.39, 0.29) is 72.9 Å². The van der Waals surface area contributed by atoms with Crippen LogP contribution in [0.4, 0.5) is 0 Å². The molecular formula is C42H39NO9. The predicted molar refractivity (Wildman–Crippen MR) is 191 cm³/mol. The molecule has 0 bridgehead atoms. The van der Waals surface area contributed by atoms with Gasteiger partial charge in [-0.25, -0.2) is 0 Å². The standard InChI is InChI=1S/C42H39NO9/c1-51-33-20-24(21-34(52-2)39(33)48)15-18-31-27-16-17-28-37(41(50)43(40(28)49)19-9-14-36(45)46)30(27)22-32-38(47)29(25-10-5-3-6-11-25)23-35(44)42(31,32)26-12-7-4-8-13-26/h3-8,10-13,15-16,18,20-21,23,28,30-32,37,48H,9,14,17,19,22H2,1-2H3,(H,45,46)/t28-,30+,31-,32-,37-,42-/m0/s1. The van der Waals surface area contributed by atoms with Gasteiger partial charge in [-0.1, -0.05) is 84.5 Å². The largest absolute Gasteiger partial charge is 0.502 e. The fourth-order valence-electron chi connectivity index (χ4n) is 9.01. The summed E-state index contributed by atoms with van der Waals surface area (Å²) in [6, 6.07) is 21.6. The van der Waals surface area contributed by atoms with E-state index in [1.54, 1.807) is 30.3 Å². The summed E-state index contributed by atoms with van der Waals surface area (Å²) >= 11 is 0. The molecule has 3 aliphatic carbocycles. The Morgan fingerprint density at radius 2 is 1.58 bits per heavy atom. The number of phenolic OH excluding ortho intramolecular Hbond substituents is 1. The molecule has 0 unspecified atom stereocenters. The van der Waals surface area contributed by atoms with Crippen LogP contribution in [0.25, 0.3) is 11.6 Å². The molecule has 4 aliphatic rings. The maximum absolute atomic E-state index is 15.1. The minimum Gasteiger partial charge on any atom is -0.502 e. The number of likely N-dealkylation sites (tertiary alicyclic amines) is 1. The van der Waals surface area contributed by atoms with Crippen molar-refractivity contribution < 1.29 is 43.7 Å². The Morgan fingerprint density at radius 1 is 0.923 bits per heavy atom. The lowest BCUT2D eigenvalue weighted by molar-refractivity contribution is -0.142. The van der Waals surface area contributed by atoms with E-state index in [4.69, 9.17) is 9.47 Å². The Balaban J connectivity index is 1.41. The first-order chi connectivity index (χ1) is 25.1. The van der Waals surface area contributed by atoms with E-state index in [9.17, 15) is 29.4 Å². The Kier molecular flexibility index (Phi) is 9.16. The van der Waals surface area contributed by atoms with Crippen molar-refractivity contribution >= 4 is 41.0 Å². The van der Waals surface area contributed by atoms with Crippen molar-refractivity contribution in [2.75, 3.05) is 20.8 Å². The fraction of sp³-hybridized carbons (Fsp3) is 0.310. The molecule has 2 N–H and O–H groups in total. The summed E-state index contributed by atoms with van der Waals surface area (Å²) in [5, 5.41) is 19.8. The van der Waals surface area contributed by atoms with E-state index in [0.29, 0.717) is 22.3 Å². The number of ketones is 2. The highest BCUT2D eigenvalue weighted by molar-refractivity contribution is 6.31. The third-order valence-corrected chi connectivity index (χ3v) is 11.3. The summed E-state index contributed by atoms with van der Waals surface area (Å²) in [5.74, 6) is -5.47. The number of rotatable bonds is 10. The van der Waals surface area contributed by atoms with Gasteiger partial charge in [-0.2, -0.15) is 0 Å². The number of aliphatic carboxylic acids is 1. The van der Waals surface area contributed by atoms with E-state index in [2.05, 4.69) is 0 Å². The van der Waals surface area contributed by atoms with Gasteiger partial charge < -0.3 is 19.7 Å². The Morgan fingerprint density at radius 3 is 2.21 bits per heavy atom. The van der Waals surface area contributed by atoms with Crippen molar-refractivity contribution in [1.29, 1.82) is 0 Å². The number of amides is 2. The molecule has 2 fully saturated rings. The zero-order valence-corrected chi connectivity index (χ0v) is 28.9. The number of fused-ring (bicyclic) bond motifs is 4. The number of ether oxygens (including phenoxy) is 2. The second-order valence-electron chi connectivity index (χ2n) is 13.8. The molecule has 266 valence electrons. The van der Waals surface area contributed by atoms with Crippen LogP contribution in [-0.4, -0.2) is 65.2 Å². The molecule has 52 heavy (non-hydrogen) atoms. The van der Waals surface area contributed by atoms with Crippen LogP contribution in [-0.2, 0) is 29.4 Å². The number of Topliss-reactive ketones (excluding diaryl/α,β-unsaturated/α-hetero) is 1. The minimum absolute atomic E-state index is 0.00254. The van der Waals surface area contributed by atoms with Crippen LogP contribution in [0.2, 0.25) is 0 Å². The number of allylic oxidation sites excluding steroid dienone is 5. The van der Waals surface area contributed by atoms with Crippen molar-refractivity contribution in [2.24, 2.45) is 29.6 Å². The first-order valence-electron chi connectivity index (χ1n) is 17.4. The maximum Gasteiger partial charge on any atom is 0.303 e. The number of methoxy groups -OCH3 is 2. The second kappa shape index (κ2) is 13.7. The smallest absolute Gasteiger partial charge is 0.303 e. The van der Waals surface area contributed by atoms with Gasteiger partial charge in [-0.05, 0) is 60.1 Å². The van der Waals surface area contributed by atoms with Crippen LogP contribution in [0.15, 0.2) is 96.6 Å². The Bertz CT molecular complexity index is 2020. The van der Waals surface area contributed by atoms with Crippen molar-refractivity contribution in [3.63, 3.8) is 0 Å². The van der Waals surface area contributed by atoms with Crippen LogP contribution >= 0.6 is 0 Å². The predicted octanol–water partition coefficient (Wildman–Crippen LogP) is 5.64. The van der Waals surface area contributed by atoms with Gasteiger partial charge in [0.1, 0.15) is 0 Å². The molecule has 1 saturated heterocycles. The lowest BCUT2D eigenvalue weighted by Crippen LogP contribution is -2.59. The average Bonchev–Trinajstić information content (AvgIpc) is 3.40. The summed E-state index contributed by atoms with van der Waals surface area (Å²) in [5.41, 5.74) is 1.64. The highest BCUT2D eigenvalue weighted by Crippen LogP contribution is 2.61. The number of hydrogen-bond donors (Lipinski definition) is 2. The zero-order chi connectivity index (χ0) is 36.7. The quantitative estimate of drug-likeness (QED) is 0.202. The molecule has 0 aromatic heterocycles. The monoisotopic (exact) mass is 701 g/mol. The van der Waals surface area contributed by atoms with Crippen molar-refractivity contribution in [1.82, 2.24) is 4.90 Å². The van der Waals surface area contributed by atoms with Gasteiger partial charge in [0.2, 0.25) is 17.6 Å². The molecule has 1 saturated carbocycles. The van der Waals surface area contributed by atoms with Gasteiger partial charge in [0.25, 0.3) is 0 Å². The van der Waals surface area contributed by atoms with Crippen molar-refractivity contribution in [3.8, 4) is 17.2 Å². The van der Waals surface area contributed by atoms with Crippen LogP contribution in [0, 0.1) is 29.6 Å². The molecule has 0 radical (unpaired) electrons. The number of carbonyl (C=O) groups excluding carboxylic acids is 4. The van der Waals surface area contributed by atoms with Gasteiger partial charge >= 0.3 is 5.97 Å². The van der Waals surface area contributed by atoms with Crippen LogP contribution < -0.4 is 9.47 Å². The summed E-state index contributed by atoms with van der Waals surface area (Å²) in [7, 11) is 2.86. The molecule has 2 amide bonds. The number of nitrogens with zero attached hydrogens (tertiary/aromatic N) is 1. The first-order valence-corrected chi connectivity index (χ1v) is 17.4. The third kappa shape index (κ3) is 5.53. The number of carboxylic acid groups (broad SMARTS) is 1. The van der Waals surface area contributed by atoms with Crippen molar-refractivity contribution in [3.05, 3.63) is 113 Å². The van der Waals surface area contributed by atoms with Gasteiger partial charge in [0.15, 0.2) is 23.1 Å². The first kappa shape index (κ1) is 34.7. The Labute approximate surface area is 301 Å². The molecular weight excluding hydrogens is 662 g/mol. The molecule has 6 atom stereocenters. The van der Waals surface area contributed by atoms with Crippen molar-refractivity contribution in [2.45, 2.75) is 31.1 Å². The molecule has 10 heteroatoms. The van der Waals surface area contributed by atoms with Crippen LogP contribution in [0.1, 0.15) is 42.4 Å². The molecule has 3 aromatic carbocycles. The van der Waals surface area contributed by atoms with Crippen LogP contribution in [0.5, 0.6) is 17.2 Å². The number of carbonyl (C=O) groups is 5.